The average Bonchev–Trinajstić information content (AvgIpc) is 2.78. The van der Waals surface area contributed by atoms with Gasteiger partial charge in [-0.15, -0.1) is 0 Å². The number of hydrogen-bond acceptors (Lipinski definition) is 5. The Kier molecular flexibility index (Phi) is 3.09. The van der Waals surface area contributed by atoms with E-state index >= 15 is 0 Å². The van der Waals surface area contributed by atoms with Crippen molar-refractivity contribution >= 4 is 23.3 Å². The molecule has 108 valence electrons. The number of para-hydroxylation sites is 1. The molecule has 3 rings (SSSR count). The summed E-state index contributed by atoms with van der Waals surface area (Å²) in [6.45, 7) is 0.284. The van der Waals surface area contributed by atoms with Gasteiger partial charge in [-0.25, -0.2) is 0 Å². The van der Waals surface area contributed by atoms with Gasteiger partial charge in [0.15, 0.2) is 0 Å². The molecule has 1 aromatic carbocycles. The second-order valence-corrected chi connectivity index (χ2v) is 4.91. The minimum atomic E-state index is -0.305. The van der Waals surface area contributed by atoms with E-state index in [1.165, 1.54) is 0 Å². The van der Waals surface area contributed by atoms with E-state index in [1.807, 2.05) is 24.3 Å². The number of nitrogens with one attached hydrogen (secondary N) is 1. The fourth-order valence-corrected chi connectivity index (χ4v) is 2.44. The first-order valence-electron chi connectivity index (χ1n) is 6.51. The molecule has 1 aliphatic heterocycles. The van der Waals surface area contributed by atoms with Crippen LogP contribution in [0, 0.1) is 0 Å². The number of amides is 2. The Morgan fingerprint density at radius 2 is 1.81 bits per heavy atom. The molecule has 3 N–H and O–H groups in total. The molecule has 21 heavy (non-hydrogen) atoms. The molecule has 0 atom stereocenters. The lowest BCUT2D eigenvalue weighted by Crippen LogP contribution is -2.51. The Balaban J connectivity index is 2.06. The maximum Gasteiger partial charge on any atom is 0.246 e. The predicted molar refractivity (Wildman–Crippen MR) is 78.4 cm³/mol. The van der Waals surface area contributed by atoms with Crippen LogP contribution in [0.5, 0.6) is 0 Å². The highest BCUT2D eigenvalue weighted by molar-refractivity contribution is 6.03. The number of nitrogens with two attached hydrogens (primary N) is 1. The van der Waals surface area contributed by atoms with E-state index in [1.54, 1.807) is 22.8 Å². The van der Waals surface area contributed by atoms with Gasteiger partial charge in [0.05, 0.1) is 19.3 Å². The van der Waals surface area contributed by atoms with Gasteiger partial charge >= 0.3 is 0 Å². The Bertz CT molecular complexity index is 706. The van der Waals surface area contributed by atoms with Crippen LogP contribution in [0.2, 0.25) is 0 Å². The Labute approximate surface area is 121 Å². The summed E-state index contributed by atoms with van der Waals surface area (Å²) in [5.74, 6) is -0.0735. The first-order chi connectivity index (χ1) is 10.1. The topological polar surface area (TPSA) is 93.2 Å². The fourth-order valence-electron chi connectivity index (χ4n) is 2.44. The van der Waals surface area contributed by atoms with Crippen molar-refractivity contribution in [3.63, 3.8) is 0 Å². The van der Waals surface area contributed by atoms with Gasteiger partial charge in [0, 0.05) is 23.9 Å². The van der Waals surface area contributed by atoms with Crippen molar-refractivity contribution in [1.82, 2.24) is 15.1 Å². The normalized spacial score (nSPS) is 15.2. The summed E-state index contributed by atoms with van der Waals surface area (Å²) in [7, 11) is 1.76. The van der Waals surface area contributed by atoms with Crippen LogP contribution in [0.25, 0.3) is 11.1 Å². The molecular weight excluding hydrogens is 270 g/mol. The average molecular weight is 285 g/mol. The van der Waals surface area contributed by atoms with Gasteiger partial charge in [0.1, 0.15) is 5.82 Å². The van der Waals surface area contributed by atoms with E-state index in [0.29, 0.717) is 5.82 Å². The smallest absolute Gasteiger partial charge is 0.246 e. The lowest BCUT2D eigenvalue weighted by Gasteiger charge is -2.29. The minimum absolute atomic E-state index is 0.142. The van der Waals surface area contributed by atoms with Gasteiger partial charge in [0.25, 0.3) is 0 Å². The molecule has 0 bridgehead atoms. The molecule has 7 nitrogen and oxygen atoms in total. The van der Waals surface area contributed by atoms with Crippen LogP contribution >= 0.6 is 0 Å². The van der Waals surface area contributed by atoms with Gasteiger partial charge in [-0.1, -0.05) is 18.2 Å². The molecule has 1 aromatic heterocycles. The van der Waals surface area contributed by atoms with Crippen LogP contribution in [0.4, 0.5) is 11.5 Å². The SMILES string of the molecule is Cn1ncc(-c2ccccc2N2CC(=O)NC(=O)C2)c1N. The number of rotatable bonds is 2. The first-order valence-corrected chi connectivity index (χ1v) is 6.51. The van der Waals surface area contributed by atoms with Crippen molar-refractivity contribution in [3.05, 3.63) is 30.5 Å². The lowest BCUT2D eigenvalue weighted by atomic mass is 10.0. The van der Waals surface area contributed by atoms with Crippen molar-refractivity contribution in [2.24, 2.45) is 7.05 Å². The number of aromatic nitrogens is 2. The number of piperazine rings is 1. The van der Waals surface area contributed by atoms with Gasteiger partial charge < -0.3 is 10.6 Å². The standard InChI is InChI=1S/C14H15N5O2/c1-18-14(15)10(6-16-18)9-4-2-3-5-11(9)19-7-12(20)17-13(21)8-19/h2-6H,7-8,15H2,1H3,(H,17,20,21). The molecular formula is C14H15N5O2. The summed E-state index contributed by atoms with van der Waals surface area (Å²) in [5, 5.41) is 6.43. The monoisotopic (exact) mass is 285 g/mol. The van der Waals surface area contributed by atoms with Crippen LogP contribution in [0.3, 0.4) is 0 Å². The summed E-state index contributed by atoms with van der Waals surface area (Å²) < 4.78 is 1.58. The van der Waals surface area contributed by atoms with Gasteiger partial charge in [-0.05, 0) is 6.07 Å². The Morgan fingerprint density at radius 3 is 2.43 bits per heavy atom. The minimum Gasteiger partial charge on any atom is -0.383 e. The number of imide groups is 1. The summed E-state index contributed by atoms with van der Waals surface area (Å²) >= 11 is 0. The second kappa shape index (κ2) is 4.93. The van der Waals surface area contributed by atoms with Crippen LogP contribution in [-0.4, -0.2) is 34.7 Å². The third-order valence-corrected chi connectivity index (χ3v) is 3.47. The van der Waals surface area contributed by atoms with Crippen LogP contribution in [-0.2, 0) is 16.6 Å². The summed E-state index contributed by atoms with van der Waals surface area (Å²) in [6.07, 6.45) is 1.68. The van der Waals surface area contributed by atoms with Crippen molar-refractivity contribution in [2.45, 2.75) is 0 Å². The number of aryl methyl sites for hydroxylation is 1. The van der Waals surface area contributed by atoms with Crippen molar-refractivity contribution < 1.29 is 9.59 Å². The number of nitrogens with zero attached hydrogens (tertiary/aromatic N) is 3. The summed E-state index contributed by atoms with van der Waals surface area (Å²) in [4.78, 5) is 24.9. The Hall–Kier alpha value is -2.83. The van der Waals surface area contributed by atoms with E-state index in [-0.39, 0.29) is 24.9 Å². The molecule has 2 aromatic rings. The number of benzene rings is 1. The van der Waals surface area contributed by atoms with Gasteiger partial charge in [-0.2, -0.15) is 5.10 Å². The van der Waals surface area contributed by atoms with E-state index in [2.05, 4.69) is 10.4 Å². The molecule has 2 amide bonds. The maximum absolute atomic E-state index is 11.6. The van der Waals surface area contributed by atoms with E-state index in [4.69, 9.17) is 5.73 Å². The maximum atomic E-state index is 11.6. The highest BCUT2D eigenvalue weighted by Gasteiger charge is 2.25. The van der Waals surface area contributed by atoms with E-state index < -0.39 is 0 Å². The quantitative estimate of drug-likeness (QED) is 0.765. The molecule has 0 spiro atoms. The van der Waals surface area contributed by atoms with Crippen LogP contribution < -0.4 is 16.0 Å². The lowest BCUT2D eigenvalue weighted by molar-refractivity contribution is -0.130. The van der Waals surface area contributed by atoms with Crippen molar-refractivity contribution in [2.75, 3.05) is 23.7 Å². The molecule has 0 saturated carbocycles. The molecule has 7 heteroatoms. The number of carbonyl (C=O) groups is 2. The molecule has 0 aliphatic carbocycles. The molecule has 0 radical (unpaired) electrons. The highest BCUT2D eigenvalue weighted by Crippen LogP contribution is 2.34. The summed E-state index contributed by atoms with van der Waals surface area (Å²) in [6, 6.07) is 7.52. The number of hydrogen-bond donors (Lipinski definition) is 2. The fraction of sp³-hybridized carbons (Fsp3) is 0.214. The first kappa shape index (κ1) is 13.2. The number of nitrogen functional groups attached to an aromatic ring is 1. The van der Waals surface area contributed by atoms with Gasteiger partial charge in [0.2, 0.25) is 11.8 Å². The van der Waals surface area contributed by atoms with E-state index in [9.17, 15) is 9.59 Å². The Morgan fingerprint density at radius 1 is 1.14 bits per heavy atom. The zero-order chi connectivity index (χ0) is 15.0. The molecule has 1 saturated heterocycles. The zero-order valence-corrected chi connectivity index (χ0v) is 11.5. The van der Waals surface area contributed by atoms with Crippen molar-refractivity contribution in [3.8, 4) is 11.1 Å². The number of anilines is 2. The zero-order valence-electron chi connectivity index (χ0n) is 11.5. The van der Waals surface area contributed by atoms with Crippen LogP contribution in [0.15, 0.2) is 30.5 Å². The molecule has 2 heterocycles. The largest absolute Gasteiger partial charge is 0.383 e. The third-order valence-electron chi connectivity index (χ3n) is 3.47. The molecule has 1 fully saturated rings. The highest BCUT2D eigenvalue weighted by atomic mass is 16.2. The molecule has 0 unspecified atom stereocenters. The molecule has 1 aliphatic rings. The van der Waals surface area contributed by atoms with E-state index in [0.717, 1.165) is 16.8 Å². The predicted octanol–water partition coefficient (Wildman–Crippen LogP) is 0.132. The van der Waals surface area contributed by atoms with Crippen molar-refractivity contribution in [1.29, 1.82) is 0 Å². The third kappa shape index (κ3) is 2.33. The second-order valence-electron chi connectivity index (χ2n) is 4.91. The van der Waals surface area contributed by atoms with Gasteiger partial charge in [-0.3, -0.25) is 19.6 Å². The van der Waals surface area contributed by atoms with Crippen LogP contribution in [0.1, 0.15) is 0 Å². The summed E-state index contributed by atoms with van der Waals surface area (Å²) in [5.41, 5.74) is 8.45. The number of carbonyl (C=O) groups excluding carboxylic acids is 2.